The van der Waals surface area contributed by atoms with Crippen LogP contribution in [0.5, 0.6) is 0 Å². The molecule has 1 aliphatic rings. The number of hydrogen-bond donors (Lipinski definition) is 1. The van der Waals surface area contributed by atoms with Crippen LogP contribution in [0.4, 0.5) is 5.69 Å². The summed E-state index contributed by atoms with van der Waals surface area (Å²) in [4.78, 5) is 25.4. The van der Waals surface area contributed by atoms with E-state index in [2.05, 4.69) is 4.72 Å². The van der Waals surface area contributed by atoms with Crippen LogP contribution in [-0.4, -0.2) is 51.3 Å². The molecule has 2 aromatic carbocycles. The maximum Gasteiger partial charge on any atom is 0.261 e. The van der Waals surface area contributed by atoms with Gasteiger partial charge in [-0.15, -0.1) is 0 Å². The van der Waals surface area contributed by atoms with E-state index in [0.717, 1.165) is 0 Å². The number of ether oxygens (including phenoxy) is 1. The number of amides is 1. The van der Waals surface area contributed by atoms with Gasteiger partial charge in [-0.2, -0.15) is 0 Å². The number of sulfonamides is 1. The minimum atomic E-state index is -3.79. The Balaban J connectivity index is 1.73. The summed E-state index contributed by atoms with van der Waals surface area (Å²) in [5.74, 6) is -0.236. The average molecular weight is 388 g/mol. The quantitative estimate of drug-likeness (QED) is 0.793. The molecule has 1 amide bonds. The molecule has 142 valence electrons. The molecule has 1 heterocycles. The van der Waals surface area contributed by atoms with Gasteiger partial charge in [-0.05, 0) is 55.5 Å². The Kier molecular flexibility index (Phi) is 5.57. The standard InChI is InChI=1S/C19H20N2O5S/c1-14(22)15-2-6-17(7-3-15)20-27(24,25)18-8-4-16(5-9-18)19(23)21-10-12-26-13-11-21/h2-9,20H,10-13H2,1H3. The molecule has 0 bridgehead atoms. The van der Waals surface area contributed by atoms with E-state index in [1.165, 1.54) is 43.3 Å². The molecule has 0 atom stereocenters. The van der Waals surface area contributed by atoms with Crippen molar-refractivity contribution in [2.45, 2.75) is 11.8 Å². The predicted octanol–water partition coefficient (Wildman–Crippen LogP) is 2.16. The lowest BCUT2D eigenvalue weighted by atomic mass is 10.1. The highest BCUT2D eigenvalue weighted by Gasteiger charge is 2.20. The third-order valence-electron chi connectivity index (χ3n) is 4.25. The number of nitrogens with zero attached hydrogens (tertiary/aromatic N) is 1. The molecule has 7 nitrogen and oxygen atoms in total. The van der Waals surface area contributed by atoms with Crippen molar-refractivity contribution in [3.8, 4) is 0 Å². The van der Waals surface area contributed by atoms with Crippen molar-refractivity contribution in [1.29, 1.82) is 0 Å². The van der Waals surface area contributed by atoms with Gasteiger partial charge in [0.05, 0.1) is 18.1 Å². The summed E-state index contributed by atoms with van der Waals surface area (Å²) in [6.45, 7) is 3.50. The first-order valence-corrected chi connectivity index (χ1v) is 9.96. The Morgan fingerprint density at radius 3 is 2.04 bits per heavy atom. The molecular weight excluding hydrogens is 368 g/mol. The molecule has 1 aliphatic heterocycles. The molecule has 1 N–H and O–H groups in total. The van der Waals surface area contributed by atoms with Crippen molar-refractivity contribution < 1.29 is 22.7 Å². The summed E-state index contributed by atoms with van der Waals surface area (Å²) in [6.07, 6.45) is 0. The highest BCUT2D eigenvalue weighted by molar-refractivity contribution is 7.92. The van der Waals surface area contributed by atoms with Gasteiger partial charge in [-0.1, -0.05) is 0 Å². The number of morpholine rings is 1. The Hall–Kier alpha value is -2.71. The molecule has 2 aromatic rings. The molecule has 0 unspecified atom stereocenters. The highest BCUT2D eigenvalue weighted by atomic mass is 32.2. The second-order valence-electron chi connectivity index (χ2n) is 6.17. The van der Waals surface area contributed by atoms with Crippen molar-refractivity contribution >= 4 is 27.4 Å². The third kappa shape index (κ3) is 4.53. The lowest BCUT2D eigenvalue weighted by molar-refractivity contribution is 0.0303. The van der Waals surface area contributed by atoms with Gasteiger partial charge in [0.15, 0.2) is 5.78 Å². The highest BCUT2D eigenvalue weighted by Crippen LogP contribution is 2.18. The Bertz CT molecular complexity index is 931. The topological polar surface area (TPSA) is 92.8 Å². The molecule has 27 heavy (non-hydrogen) atoms. The maximum atomic E-state index is 12.5. The van der Waals surface area contributed by atoms with E-state index in [1.54, 1.807) is 17.0 Å². The lowest BCUT2D eigenvalue weighted by Crippen LogP contribution is -2.40. The summed E-state index contributed by atoms with van der Waals surface area (Å²) >= 11 is 0. The van der Waals surface area contributed by atoms with E-state index in [4.69, 9.17) is 4.74 Å². The van der Waals surface area contributed by atoms with Crippen LogP contribution in [0.1, 0.15) is 27.6 Å². The van der Waals surface area contributed by atoms with Crippen LogP contribution in [0.2, 0.25) is 0 Å². The summed E-state index contributed by atoms with van der Waals surface area (Å²) in [7, 11) is -3.79. The van der Waals surface area contributed by atoms with Crippen LogP contribution in [0.15, 0.2) is 53.4 Å². The summed E-state index contributed by atoms with van der Waals surface area (Å²) in [5, 5.41) is 0. The van der Waals surface area contributed by atoms with Gasteiger partial charge in [0, 0.05) is 29.9 Å². The minimum absolute atomic E-state index is 0.0525. The van der Waals surface area contributed by atoms with Gasteiger partial charge >= 0.3 is 0 Å². The average Bonchev–Trinajstić information content (AvgIpc) is 2.68. The zero-order valence-electron chi connectivity index (χ0n) is 14.8. The predicted molar refractivity (Wildman–Crippen MR) is 100 cm³/mol. The largest absolute Gasteiger partial charge is 0.378 e. The first-order valence-electron chi connectivity index (χ1n) is 8.48. The van der Waals surface area contributed by atoms with Gasteiger partial charge in [-0.25, -0.2) is 8.42 Å². The summed E-state index contributed by atoms with van der Waals surface area (Å²) in [5.41, 5.74) is 1.29. The van der Waals surface area contributed by atoms with E-state index < -0.39 is 10.0 Å². The Labute approximate surface area is 158 Å². The van der Waals surface area contributed by atoms with Crippen LogP contribution in [-0.2, 0) is 14.8 Å². The molecule has 0 spiro atoms. The van der Waals surface area contributed by atoms with Crippen molar-refractivity contribution in [3.63, 3.8) is 0 Å². The van der Waals surface area contributed by atoms with Crippen LogP contribution >= 0.6 is 0 Å². The smallest absolute Gasteiger partial charge is 0.261 e. The summed E-state index contributed by atoms with van der Waals surface area (Å²) < 4.78 is 32.7. The monoisotopic (exact) mass is 388 g/mol. The second kappa shape index (κ2) is 7.89. The van der Waals surface area contributed by atoms with E-state index in [9.17, 15) is 18.0 Å². The molecule has 0 aromatic heterocycles. The number of nitrogens with one attached hydrogen (secondary N) is 1. The summed E-state index contributed by atoms with van der Waals surface area (Å²) in [6, 6.07) is 12.0. The van der Waals surface area contributed by atoms with Crippen molar-refractivity contribution in [1.82, 2.24) is 4.90 Å². The van der Waals surface area contributed by atoms with Gasteiger partial charge < -0.3 is 9.64 Å². The van der Waals surface area contributed by atoms with Crippen molar-refractivity contribution in [2.24, 2.45) is 0 Å². The molecule has 0 aliphatic carbocycles. The zero-order valence-corrected chi connectivity index (χ0v) is 15.7. The second-order valence-corrected chi connectivity index (χ2v) is 7.85. The fourth-order valence-corrected chi connectivity index (χ4v) is 3.77. The molecule has 8 heteroatoms. The zero-order chi connectivity index (χ0) is 19.4. The number of ketones is 1. The number of benzene rings is 2. The van der Waals surface area contributed by atoms with E-state index in [1.807, 2.05) is 0 Å². The van der Waals surface area contributed by atoms with Crippen LogP contribution in [0, 0.1) is 0 Å². The maximum absolute atomic E-state index is 12.5. The number of anilines is 1. The number of hydrogen-bond acceptors (Lipinski definition) is 5. The first kappa shape index (κ1) is 19.1. The molecule has 3 rings (SSSR count). The van der Waals surface area contributed by atoms with Crippen molar-refractivity contribution in [3.05, 3.63) is 59.7 Å². The number of rotatable bonds is 5. The van der Waals surface area contributed by atoms with Crippen molar-refractivity contribution in [2.75, 3.05) is 31.0 Å². The van der Waals surface area contributed by atoms with Crippen LogP contribution < -0.4 is 4.72 Å². The molecule has 1 fully saturated rings. The molecule has 0 radical (unpaired) electrons. The minimum Gasteiger partial charge on any atom is -0.378 e. The van der Waals surface area contributed by atoms with E-state index >= 15 is 0 Å². The molecule has 1 saturated heterocycles. The third-order valence-corrected chi connectivity index (χ3v) is 5.65. The van der Waals surface area contributed by atoms with Gasteiger partial charge in [-0.3, -0.25) is 14.3 Å². The Morgan fingerprint density at radius 1 is 0.926 bits per heavy atom. The van der Waals surface area contributed by atoms with E-state index in [-0.39, 0.29) is 16.6 Å². The number of carbonyl (C=O) groups excluding carboxylic acids is 2. The normalized spacial score (nSPS) is 14.6. The lowest BCUT2D eigenvalue weighted by Gasteiger charge is -2.26. The fourth-order valence-electron chi connectivity index (χ4n) is 2.71. The molecular formula is C19H20N2O5S. The number of Topliss-reactive ketones (excluding diaryl/α,β-unsaturated/α-hetero) is 1. The van der Waals surface area contributed by atoms with Gasteiger partial charge in [0.2, 0.25) is 0 Å². The Morgan fingerprint density at radius 2 is 1.48 bits per heavy atom. The van der Waals surface area contributed by atoms with Crippen LogP contribution in [0.3, 0.4) is 0 Å². The fraction of sp³-hybridized carbons (Fsp3) is 0.263. The van der Waals surface area contributed by atoms with Gasteiger partial charge in [0.1, 0.15) is 0 Å². The number of carbonyl (C=O) groups is 2. The van der Waals surface area contributed by atoms with Gasteiger partial charge in [0.25, 0.3) is 15.9 Å². The molecule has 0 saturated carbocycles. The SMILES string of the molecule is CC(=O)c1ccc(NS(=O)(=O)c2ccc(C(=O)N3CCOCC3)cc2)cc1. The first-order chi connectivity index (χ1) is 12.9. The van der Waals surface area contributed by atoms with Crippen LogP contribution in [0.25, 0.3) is 0 Å². The van der Waals surface area contributed by atoms with E-state index in [0.29, 0.717) is 43.1 Å².